The van der Waals surface area contributed by atoms with Gasteiger partial charge in [0.2, 0.25) is 0 Å². The summed E-state index contributed by atoms with van der Waals surface area (Å²) in [4.78, 5) is 15.3. The maximum atomic E-state index is 12.8. The molecule has 2 heterocycles. The number of ether oxygens (including phenoxy) is 1. The van der Waals surface area contributed by atoms with Crippen LogP contribution in [0, 0.1) is 5.92 Å². The van der Waals surface area contributed by atoms with Crippen LogP contribution in [-0.2, 0) is 0 Å². The standard InChI is InChI=1S/C18H26ClN3O2/c1-11(2)24-17-9-15(20)14(19)8-13(17)18(23)21-16-5-7-22-6-3-4-12(16)10-22/h8-9,11-12,16H,3-7,10,20H2,1-2H3,(H,21,23). The third-order valence-corrected chi connectivity index (χ3v) is 5.22. The summed E-state index contributed by atoms with van der Waals surface area (Å²) < 4.78 is 5.77. The van der Waals surface area contributed by atoms with Crippen LogP contribution in [0.25, 0.3) is 0 Å². The molecule has 1 amide bonds. The van der Waals surface area contributed by atoms with Crippen LogP contribution in [-0.4, -0.2) is 42.6 Å². The number of amides is 1. The Bertz CT molecular complexity index is 621. The lowest BCUT2D eigenvalue weighted by Gasteiger charge is -2.42. The normalized spacial score (nSPS) is 26.2. The number of hydrogen-bond acceptors (Lipinski definition) is 4. The van der Waals surface area contributed by atoms with Gasteiger partial charge in [-0.1, -0.05) is 11.6 Å². The molecule has 2 aliphatic heterocycles. The van der Waals surface area contributed by atoms with Crippen LogP contribution in [0.2, 0.25) is 5.02 Å². The predicted octanol–water partition coefficient (Wildman–Crippen LogP) is 2.92. The van der Waals surface area contributed by atoms with Gasteiger partial charge in [-0.3, -0.25) is 4.79 Å². The van der Waals surface area contributed by atoms with Crippen LogP contribution in [0.3, 0.4) is 0 Å². The van der Waals surface area contributed by atoms with Crippen LogP contribution in [0.15, 0.2) is 12.1 Å². The second-order valence-electron chi connectivity index (χ2n) is 7.11. The van der Waals surface area contributed by atoms with Crippen molar-refractivity contribution in [3.05, 3.63) is 22.7 Å². The second-order valence-corrected chi connectivity index (χ2v) is 7.52. The molecule has 3 N–H and O–H groups in total. The van der Waals surface area contributed by atoms with E-state index in [9.17, 15) is 4.79 Å². The van der Waals surface area contributed by atoms with E-state index in [1.165, 1.54) is 19.4 Å². The molecule has 3 rings (SSSR count). The molecule has 3 atom stereocenters. The van der Waals surface area contributed by atoms with E-state index in [2.05, 4.69) is 10.2 Å². The average Bonchev–Trinajstić information content (AvgIpc) is 2.53. The molecule has 132 valence electrons. The number of hydrogen-bond donors (Lipinski definition) is 2. The molecule has 6 heteroatoms. The maximum Gasteiger partial charge on any atom is 0.255 e. The lowest BCUT2D eigenvalue weighted by Crippen LogP contribution is -2.53. The van der Waals surface area contributed by atoms with Crippen LogP contribution in [0.5, 0.6) is 5.75 Å². The van der Waals surface area contributed by atoms with Gasteiger partial charge in [0, 0.05) is 25.2 Å². The van der Waals surface area contributed by atoms with Crippen molar-refractivity contribution < 1.29 is 9.53 Å². The number of carbonyl (C=O) groups excluding carboxylic acids is 1. The number of anilines is 1. The summed E-state index contributed by atoms with van der Waals surface area (Å²) >= 11 is 6.13. The van der Waals surface area contributed by atoms with Gasteiger partial charge in [-0.25, -0.2) is 0 Å². The Hall–Kier alpha value is -1.46. The molecule has 2 fully saturated rings. The number of halogens is 1. The molecular weight excluding hydrogens is 326 g/mol. The van der Waals surface area contributed by atoms with Crippen molar-refractivity contribution in [1.29, 1.82) is 0 Å². The van der Waals surface area contributed by atoms with Crippen molar-refractivity contribution in [1.82, 2.24) is 10.2 Å². The number of nitrogens with zero attached hydrogens (tertiary/aromatic N) is 1. The van der Waals surface area contributed by atoms with Crippen molar-refractivity contribution in [2.75, 3.05) is 25.4 Å². The fraction of sp³-hybridized carbons (Fsp3) is 0.611. The smallest absolute Gasteiger partial charge is 0.255 e. The summed E-state index contributed by atoms with van der Waals surface area (Å²) in [5.41, 5.74) is 6.75. The van der Waals surface area contributed by atoms with Crippen LogP contribution in [0.1, 0.15) is 43.5 Å². The minimum atomic E-state index is -0.128. The minimum absolute atomic E-state index is 0.0429. The maximum absolute atomic E-state index is 12.8. The number of fused-ring (bicyclic) bond motifs is 2. The molecule has 1 aromatic rings. The van der Waals surface area contributed by atoms with Crippen molar-refractivity contribution >= 4 is 23.2 Å². The molecule has 0 radical (unpaired) electrons. The van der Waals surface area contributed by atoms with E-state index in [1.54, 1.807) is 12.1 Å². The highest BCUT2D eigenvalue weighted by atomic mass is 35.5. The van der Waals surface area contributed by atoms with Crippen LogP contribution in [0.4, 0.5) is 5.69 Å². The molecule has 3 unspecified atom stereocenters. The average molecular weight is 352 g/mol. The van der Waals surface area contributed by atoms with E-state index in [-0.39, 0.29) is 18.1 Å². The molecule has 2 bridgehead atoms. The molecular formula is C18H26ClN3O2. The number of piperidine rings is 2. The molecule has 0 saturated carbocycles. The third kappa shape index (κ3) is 3.78. The Kier molecular flexibility index (Phi) is 5.21. The zero-order valence-electron chi connectivity index (χ0n) is 14.3. The largest absolute Gasteiger partial charge is 0.490 e. The Morgan fingerprint density at radius 2 is 2.17 bits per heavy atom. The van der Waals surface area contributed by atoms with Gasteiger partial charge in [0.25, 0.3) is 5.91 Å². The summed E-state index contributed by atoms with van der Waals surface area (Å²) in [7, 11) is 0. The zero-order chi connectivity index (χ0) is 17.3. The van der Waals surface area contributed by atoms with Crippen molar-refractivity contribution in [3.8, 4) is 5.75 Å². The Morgan fingerprint density at radius 3 is 2.92 bits per heavy atom. The summed E-state index contributed by atoms with van der Waals surface area (Å²) in [6.45, 7) is 7.17. The summed E-state index contributed by atoms with van der Waals surface area (Å²) in [6, 6.07) is 3.47. The summed E-state index contributed by atoms with van der Waals surface area (Å²) in [5.74, 6) is 0.900. The van der Waals surface area contributed by atoms with Crippen LogP contribution >= 0.6 is 11.6 Å². The van der Waals surface area contributed by atoms with Crippen molar-refractivity contribution in [2.45, 2.75) is 45.3 Å². The molecule has 24 heavy (non-hydrogen) atoms. The second kappa shape index (κ2) is 7.19. The lowest BCUT2D eigenvalue weighted by atomic mass is 9.85. The number of nitrogens with one attached hydrogen (secondary N) is 1. The van der Waals surface area contributed by atoms with Gasteiger partial charge in [0.1, 0.15) is 5.75 Å². The molecule has 2 aliphatic rings. The van der Waals surface area contributed by atoms with E-state index in [0.717, 1.165) is 19.5 Å². The highest BCUT2D eigenvalue weighted by Gasteiger charge is 2.33. The minimum Gasteiger partial charge on any atom is -0.490 e. The van der Waals surface area contributed by atoms with Gasteiger partial charge in [0.15, 0.2) is 0 Å². The van der Waals surface area contributed by atoms with Gasteiger partial charge < -0.3 is 20.7 Å². The quantitative estimate of drug-likeness (QED) is 0.818. The highest BCUT2D eigenvalue weighted by Crippen LogP contribution is 2.31. The third-order valence-electron chi connectivity index (χ3n) is 4.89. The van der Waals surface area contributed by atoms with Gasteiger partial charge in [-0.2, -0.15) is 0 Å². The van der Waals surface area contributed by atoms with E-state index in [4.69, 9.17) is 22.1 Å². The van der Waals surface area contributed by atoms with E-state index in [1.807, 2.05) is 13.8 Å². The van der Waals surface area contributed by atoms with Crippen molar-refractivity contribution in [2.24, 2.45) is 5.92 Å². The molecule has 2 saturated heterocycles. The van der Waals surface area contributed by atoms with Crippen molar-refractivity contribution in [3.63, 3.8) is 0 Å². The number of benzene rings is 1. The first-order chi connectivity index (χ1) is 11.4. The Morgan fingerprint density at radius 1 is 1.38 bits per heavy atom. The number of nitrogen functional groups attached to an aromatic ring is 1. The molecule has 5 nitrogen and oxygen atoms in total. The zero-order valence-corrected chi connectivity index (χ0v) is 15.1. The Balaban J connectivity index is 1.77. The van der Waals surface area contributed by atoms with Gasteiger partial charge in [-0.05, 0) is 51.6 Å². The summed E-state index contributed by atoms with van der Waals surface area (Å²) in [6.07, 6.45) is 3.35. The molecule has 0 aromatic heterocycles. The SMILES string of the molecule is CC(C)Oc1cc(N)c(Cl)cc1C(=O)NC1CCN2CCCC1C2. The van der Waals surface area contributed by atoms with Gasteiger partial charge >= 0.3 is 0 Å². The first-order valence-electron chi connectivity index (χ1n) is 8.73. The van der Waals surface area contributed by atoms with Gasteiger partial charge in [0.05, 0.1) is 22.4 Å². The van der Waals surface area contributed by atoms with Crippen LogP contribution < -0.4 is 15.8 Å². The summed E-state index contributed by atoms with van der Waals surface area (Å²) in [5, 5.41) is 3.58. The van der Waals surface area contributed by atoms with E-state index >= 15 is 0 Å². The van der Waals surface area contributed by atoms with E-state index < -0.39 is 0 Å². The fourth-order valence-electron chi connectivity index (χ4n) is 3.71. The first kappa shape index (κ1) is 17.4. The highest BCUT2D eigenvalue weighted by molar-refractivity contribution is 6.33. The topological polar surface area (TPSA) is 67.6 Å². The monoisotopic (exact) mass is 351 g/mol. The predicted molar refractivity (Wildman–Crippen MR) is 96.7 cm³/mol. The number of nitrogens with two attached hydrogens (primary N) is 1. The molecule has 1 aromatic carbocycles. The molecule has 0 spiro atoms. The number of carbonyl (C=O) groups is 1. The Labute approximate surface area is 148 Å². The number of rotatable bonds is 4. The van der Waals surface area contributed by atoms with Gasteiger partial charge in [-0.15, -0.1) is 0 Å². The van der Waals surface area contributed by atoms with E-state index in [0.29, 0.717) is 27.9 Å². The molecule has 0 aliphatic carbocycles. The first-order valence-corrected chi connectivity index (χ1v) is 9.10. The fourth-order valence-corrected chi connectivity index (χ4v) is 3.88. The lowest BCUT2D eigenvalue weighted by molar-refractivity contribution is 0.0735.